The average molecular weight is 237 g/mol. The Morgan fingerprint density at radius 2 is 1.65 bits per heavy atom. The van der Waals surface area contributed by atoms with Gasteiger partial charge < -0.3 is 16.4 Å². The summed E-state index contributed by atoms with van der Waals surface area (Å²) in [7, 11) is 0. The fourth-order valence-corrected chi connectivity index (χ4v) is 1.13. The van der Waals surface area contributed by atoms with Gasteiger partial charge in [-0.3, -0.25) is 14.4 Å². The number of nitrogens with zero attached hydrogens (tertiary/aromatic N) is 3. The lowest BCUT2D eigenvalue weighted by molar-refractivity contribution is -0.117. The molecule has 0 saturated heterocycles. The summed E-state index contributed by atoms with van der Waals surface area (Å²) in [5.74, 6) is -1.18. The van der Waals surface area contributed by atoms with Crippen LogP contribution in [0.5, 0.6) is 0 Å². The topological polar surface area (TPSA) is 132 Å². The molecule has 0 spiro atoms. The van der Waals surface area contributed by atoms with Gasteiger partial charge in [0.25, 0.3) is 0 Å². The molecule has 8 heteroatoms. The molecule has 90 valence electrons. The molecule has 4 N–H and O–H groups in total. The molecule has 0 aliphatic heterocycles. The minimum atomic E-state index is -0.644. The van der Waals surface area contributed by atoms with E-state index in [-0.39, 0.29) is 24.6 Å². The first-order valence-corrected chi connectivity index (χ1v) is 4.61. The number of primary amides is 2. The largest absolute Gasteiger partial charge is 0.368 e. The van der Waals surface area contributed by atoms with Gasteiger partial charge in [-0.1, -0.05) is 0 Å². The smallest absolute Gasteiger partial charge is 0.237 e. The predicted molar refractivity (Wildman–Crippen MR) is 58.0 cm³/mol. The minimum absolute atomic E-state index is 0.105. The molecule has 0 fully saturated rings. The molecule has 0 aliphatic carbocycles. The Morgan fingerprint density at radius 1 is 1.18 bits per heavy atom. The van der Waals surface area contributed by atoms with Gasteiger partial charge in [0.1, 0.15) is 13.1 Å². The van der Waals surface area contributed by atoms with Crippen molar-refractivity contribution in [3.05, 3.63) is 18.0 Å². The molecule has 2 amide bonds. The highest BCUT2D eigenvalue weighted by Gasteiger charge is 2.14. The maximum Gasteiger partial charge on any atom is 0.237 e. The Morgan fingerprint density at radius 3 is 2.00 bits per heavy atom. The van der Waals surface area contributed by atoms with Crippen molar-refractivity contribution in [3.63, 3.8) is 0 Å². The van der Waals surface area contributed by atoms with Crippen LogP contribution in [-0.4, -0.2) is 41.2 Å². The fraction of sp³-hybridized carbons (Fsp3) is 0.222. The van der Waals surface area contributed by atoms with Gasteiger partial charge in [0, 0.05) is 12.4 Å². The Labute approximate surface area is 96.6 Å². The molecular formula is C9H11N5O3. The quantitative estimate of drug-likeness (QED) is 0.553. The molecule has 0 atom stereocenters. The molecule has 8 nitrogen and oxygen atoms in total. The first kappa shape index (κ1) is 12.6. The van der Waals surface area contributed by atoms with E-state index < -0.39 is 11.8 Å². The lowest BCUT2D eigenvalue weighted by Gasteiger charge is -2.18. The summed E-state index contributed by atoms with van der Waals surface area (Å²) in [6, 6.07) is 0. The molecule has 0 bridgehead atoms. The lowest BCUT2D eigenvalue weighted by Crippen LogP contribution is -2.40. The number of aromatic nitrogens is 2. The zero-order chi connectivity index (χ0) is 12.8. The van der Waals surface area contributed by atoms with E-state index in [0.29, 0.717) is 6.29 Å². The van der Waals surface area contributed by atoms with E-state index in [2.05, 4.69) is 9.97 Å². The van der Waals surface area contributed by atoms with Gasteiger partial charge >= 0.3 is 0 Å². The van der Waals surface area contributed by atoms with Gasteiger partial charge in [-0.15, -0.1) is 0 Å². The van der Waals surface area contributed by atoms with E-state index in [9.17, 15) is 14.4 Å². The number of hydrogen-bond acceptors (Lipinski definition) is 6. The Balaban J connectivity index is 2.90. The lowest BCUT2D eigenvalue weighted by atomic mass is 10.4. The van der Waals surface area contributed by atoms with Gasteiger partial charge in [0.15, 0.2) is 6.29 Å². The summed E-state index contributed by atoms with van der Waals surface area (Å²) in [5, 5.41) is 0. The molecule has 17 heavy (non-hydrogen) atoms. The maximum atomic E-state index is 10.8. The van der Waals surface area contributed by atoms with Crippen molar-refractivity contribution in [3.8, 4) is 0 Å². The fourth-order valence-electron chi connectivity index (χ4n) is 1.13. The normalized spacial score (nSPS) is 9.65. The third kappa shape index (κ3) is 3.86. The minimum Gasteiger partial charge on any atom is -0.368 e. The Kier molecular flexibility index (Phi) is 4.09. The van der Waals surface area contributed by atoms with Crippen LogP contribution in [-0.2, 0) is 9.59 Å². The van der Waals surface area contributed by atoms with E-state index in [1.165, 1.54) is 17.3 Å². The standard InChI is InChI=1S/C9H11N5O3/c10-7(16)3-14(4-8(11)17)9-12-1-6(5-15)2-13-9/h1-2,5H,3-4H2,(H2,10,16)(H2,11,17). The van der Waals surface area contributed by atoms with Crippen LogP contribution < -0.4 is 16.4 Å². The summed E-state index contributed by atoms with van der Waals surface area (Å²) >= 11 is 0. The molecule has 0 aliphatic rings. The monoisotopic (exact) mass is 237 g/mol. The Hall–Kier alpha value is -2.51. The highest BCUT2D eigenvalue weighted by molar-refractivity contribution is 5.84. The third-order valence-electron chi connectivity index (χ3n) is 1.77. The van der Waals surface area contributed by atoms with Crippen molar-refractivity contribution in [2.45, 2.75) is 0 Å². The second kappa shape index (κ2) is 5.54. The number of anilines is 1. The summed E-state index contributed by atoms with van der Waals surface area (Å²) in [6.45, 7) is -0.466. The van der Waals surface area contributed by atoms with Gasteiger partial charge in [0.2, 0.25) is 17.8 Å². The maximum absolute atomic E-state index is 10.8. The second-order valence-electron chi connectivity index (χ2n) is 3.22. The van der Waals surface area contributed by atoms with E-state index in [0.717, 1.165) is 0 Å². The van der Waals surface area contributed by atoms with Gasteiger partial charge in [-0.05, 0) is 0 Å². The van der Waals surface area contributed by atoms with Crippen LogP contribution in [0.2, 0.25) is 0 Å². The number of carbonyl (C=O) groups is 3. The first-order chi connectivity index (χ1) is 8.02. The second-order valence-corrected chi connectivity index (χ2v) is 3.22. The van der Waals surface area contributed by atoms with Gasteiger partial charge in [-0.2, -0.15) is 0 Å². The van der Waals surface area contributed by atoms with Crippen LogP contribution in [0.4, 0.5) is 5.95 Å². The van der Waals surface area contributed by atoms with Crippen LogP contribution in [0.3, 0.4) is 0 Å². The zero-order valence-electron chi connectivity index (χ0n) is 8.87. The molecule has 1 heterocycles. The zero-order valence-corrected chi connectivity index (χ0v) is 8.87. The van der Waals surface area contributed by atoms with E-state index >= 15 is 0 Å². The predicted octanol–water partition coefficient (Wildman–Crippen LogP) is -1.93. The number of nitrogens with two attached hydrogens (primary N) is 2. The summed E-state index contributed by atoms with van der Waals surface area (Å²) in [4.78, 5) is 40.9. The average Bonchev–Trinajstić information content (AvgIpc) is 2.27. The van der Waals surface area contributed by atoms with Crippen molar-refractivity contribution in [2.75, 3.05) is 18.0 Å². The van der Waals surface area contributed by atoms with Gasteiger partial charge in [-0.25, -0.2) is 9.97 Å². The molecule has 1 aromatic rings. The van der Waals surface area contributed by atoms with Gasteiger partial charge in [0.05, 0.1) is 5.56 Å². The number of hydrogen-bond donors (Lipinski definition) is 2. The molecule has 0 aromatic carbocycles. The van der Waals surface area contributed by atoms with Crippen molar-refractivity contribution >= 4 is 24.0 Å². The summed E-state index contributed by atoms with van der Waals surface area (Å²) < 4.78 is 0. The molecule has 0 unspecified atom stereocenters. The van der Waals surface area contributed by atoms with Crippen molar-refractivity contribution in [1.82, 2.24) is 9.97 Å². The number of aldehydes is 1. The molecule has 0 saturated carbocycles. The number of carbonyl (C=O) groups excluding carboxylic acids is 3. The van der Waals surface area contributed by atoms with E-state index in [1.54, 1.807) is 0 Å². The molecule has 1 rings (SSSR count). The first-order valence-electron chi connectivity index (χ1n) is 4.61. The van der Waals surface area contributed by atoms with Crippen molar-refractivity contribution in [2.24, 2.45) is 11.5 Å². The van der Waals surface area contributed by atoms with Crippen LogP contribution in [0, 0.1) is 0 Å². The summed E-state index contributed by atoms with van der Waals surface area (Å²) in [6.07, 6.45) is 3.12. The van der Waals surface area contributed by atoms with E-state index in [4.69, 9.17) is 11.5 Å². The number of amides is 2. The molecular weight excluding hydrogens is 226 g/mol. The van der Waals surface area contributed by atoms with Crippen LogP contribution in [0.25, 0.3) is 0 Å². The third-order valence-corrected chi connectivity index (χ3v) is 1.77. The number of rotatable bonds is 6. The van der Waals surface area contributed by atoms with Crippen molar-refractivity contribution in [1.29, 1.82) is 0 Å². The van der Waals surface area contributed by atoms with Crippen LogP contribution >= 0.6 is 0 Å². The summed E-state index contributed by atoms with van der Waals surface area (Å²) in [5.41, 5.74) is 10.3. The van der Waals surface area contributed by atoms with Crippen LogP contribution in [0.15, 0.2) is 12.4 Å². The Bertz CT molecular complexity index is 415. The highest BCUT2D eigenvalue weighted by Crippen LogP contribution is 2.05. The highest BCUT2D eigenvalue weighted by atomic mass is 16.2. The SMILES string of the molecule is NC(=O)CN(CC(N)=O)c1ncc(C=O)cn1. The van der Waals surface area contributed by atoms with Crippen molar-refractivity contribution < 1.29 is 14.4 Å². The van der Waals surface area contributed by atoms with E-state index in [1.807, 2.05) is 0 Å². The molecule has 1 aromatic heterocycles. The van der Waals surface area contributed by atoms with Crippen LogP contribution in [0.1, 0.15) is 10.4 Å². The molecule has 0 radical (unpaired) electrons.